The van der Waals surface area contributed by atoms with Crippen LogP contribution in [0.1, 0.15) is 0 Å². The Labute approximate surface area is 188 Å². The van der Waals surface area contributed by atoms with Gasteiger partial charge in [0.1, 0.15) is 23.0 Å². The second-order valence-corrected chi connectivity index (χ2v) is 9.34. The van der Waals surface area contributed by atoms with E-state index in [1.807, 2.05) is 48.5 Å². The van der Waals surface area contributed by atoms with E-state index >= 15 is 0 Å². The predicted octanol–water partition coefficient (Wildman–Crippen LogP) is 7.47. The van der Waals surface area contributed by atoms with Gasteiger partial charge < -0.3 is 18.1 Å². The molecule has 0 aliphatic heterocycles. The van der Waals surface area contributed by atoms with Crippen LogP contribution in [0.5, 0.6) is 23.0 Å². The molecule has 4 rings (SSSR count). The van der Waals surface area contributed by atoms with Crippen molar-refractivity contribution in [2.45, 2.75) is 0 Å². The van der Waals surface area contributed by atoms with E-state index in [1.165, 1.54) is 0 Å². The molecule has 0 aliphatic carbocycles. The smallest absolute Gasteiger partial charge is 0.422 e. The van der Waals surface area contributed by atoms with E-state index in [0.717, 1.165) is 0 Å². The van der Waals surface area contributed by atoms with Crippen molar-refractivity contribution in [2.75, 3.05) is 0 Å². The summed E-state index contributed by atoms with van der Waals surface area (Å²) in [5, 5.41) is 0. The van der Waals surface area contributed by atoms with Crippen LogP contribution in [0.4, 0.5) is 0 Å². The van der Waals surface area contributed by atoms with Crippen molar-refractivity contribution in [3.05, 3.63) is 121 Å². The maximum Gasteiger partial charge on any atom is 0.473 e. The molecule has 0 atom stereocenters. The Morgan fingerprint density at radius 2 is 0.812 bits per heavy atom. The fourth-order valence-electron chi connectivity index (χ4n) is 2.58. The second kappa shape index (κ2) is 10.8. The summed E-state index contributed by atoms with van der Waals surface area (Å²) in [7, 11) is -5.86. The molecule has 0 radical (unpaired) electrons. The van der Waals surface area contributed by atoms with Gasteiger partial charge in [0, 0.05) is 0 Å². The van der Waals surface area contributed by atoms with Gasteiger partial charge in [-0.15, -0.1) is 4.52 Å². The van der Waals surface area contributed by atoms with Crippen LogP contribution >= 0.6 is 16.3 Å². The molecule has 0 aliphatic rings. The molecule has 0 spiro atoms. The first kappa shape index (κ1) is 21.9. The van der Waals surface area contributed by atoms with E-state index in [-0.39, 0.29) is 0 Å². The first-order chi connectivity index (χ1) is 15.7. The van der Waals surface area contributed by atoms with Crippen molar-refractivity contribution in [1.82, 2.24) is 0 Å². The summed E-state index contributed by atoms with van der Waals surface area (Å²) >= 11 is 0. The molecule has 4 aromatic carbocycles. The van der Waals surface area contributed by atoms with Crippen LogP contribution in [0.25, 0.3) is 0 Å². The van der Waals surface area contributed by atoms with Crippen molar-refractivity contribution in [1.29, 1.82) is 0 Å². The first-order valence-corrected chi connectivity index (χ1v) is 12.5. The summed E-state index contributed by atoms with van der Waals surface area (Å²) in [5.74, 6) is 1.92. The van der Waals surface area contributed by atoms with Crippen molar-refractivity contribution < 1.29 is 23.0 Å². The van der Waals surface area contributed by atoms with Gasteiger partial charge in [0.05, 0.1) is 0 Å². The molecule has 0 fully saturated rings. The van der Waals surface area contributed by atoms with Crippen LogP contribution in [0.2, 0.25) is 0 Å². The van der Waals surface area contributed by atoms with Crippen LogP contribution < -0.4 is 18.1 Å². The Morgan fingerprint density at radius 1 is 0.500 bits per heavy atom. The van der Waals surface area contributed by atoms with Crippen LogP contribution in [-0.4, -0.2) is 4.89 Å². The summed E-state index contributed by atoms with van der Waals surface area (Å²) in [6.45, 7) is 0. The molecule has 0 heterocycles. The fourth-order valence-corrected chi connectivity index (χ4v) is 5.38. The number of rotatable bonds is 9. The van der Waals surface area contributed by atoms with E-state index in [2.05, 4.69) is 4.52 Å². The van der Waals surface area contributed by atoms with Crippen LogP contribution in [0.3, 0.4) is 0 Å². The Hall–Kier alpha value is -3.30. The average molecular weight is 465 g/mol. The summed E-state index contributed by atoms with van der Waals surface area (Å²) in [5.41, 5.74) is 0. The topological polar surface area (TPSA) is 69.5 Å². The van der Waals surface area contributed by atoms with Gasteiger partial charge in [0.2, 0.25) is 0 Å². The lowest BCUT2D eigenvalue weighted by Gasteiger charge is -2.22. The highest BCUT2D eigenvalue weighted by molar-refractivity contribution is 7.61. The summed E-state index contributed by atoms with van der Waals surface area (Å²) < 4.78 is 28.1. The maximum atomic E-state index is 11.4. The molecular weight excluding hydrogens is 444 g/mol. The van der Waals surface area contributed by atoms with Gasteiger partial charge in [0.15, 0.2) is 0 Å². The minimum atomic E-state index is -3.84. The molecule has 162 valence electrons. The van der Waals surface area contributed by atoms with E-state index in [0.29, 0.717) is 23.0 Å². The molecule has 0 saturated carbocycles. The number of benzene rings is 4. The summed E-state index contributed by atoms with van der Waals surface area (Å²) in [6.07, 6.45) is 0. The zero-order chi connectivity index (χ0) is 22.1. The third-order valence-electron chi connectivity index (χ3n) is 3.97. The highest BCUT2D eigenvalue weighted by atomic mass is 31.2. The molecule has 0 aromatic heterocycles. The molecule has 0 saturated heterocycles. The molecule has 8 heteroatoms. The highest BCUT2D eigenvalue weighted by Gasteiger charge is 2.29. The van der Waals surface area contributed by atoms with Gasteiger partial charge in [-0.3, -0.25) is 4.89 Å². The standard InChI is InChI=1S/C24H21NO5P2/c26-32(29-23-17-9-3-10-18-23,30-24-19-11-4-12-20-24)25-31(27-21-13-5-1-6-14-21)28-22-15-7-2-8-16-22/h1-20,26H. The molecule has 6 nitrogen and oxygen atoms in total. The Bertz CT molecular complexity index is 1060. The van der Waals surface area contributed by atoms with Crippen LogP contribution in [0, 0.1) is 0 Å². The molecule has 0 amide bonds. The Balaban J connectivity index is 1.70. The largest absolute Gasteiger partial charge is 0.473 e. The fraction of sp³-hybridized carbons (Fsp3) is 0. The van der Waals surface area contributed by atoms with E-state index in [4.69, 9.17) is 18.1 Å². The molecule has 1 N–H and O–H groups in total. The van der Waals surface area contributed by atoms with Gasteiger partial charge in [-0.1, -0.05) is 72.8 Å². The van der Waals surface area contributed by atoms with Crippen molar-refractivity contribution in [3.8, 4) is 23.0 Å². The van der Waals surface area contributed by atoms with Gasteiger partial charge in [-0.25, -0.2) is 0 Å². The van der Waals surface area contributed by atoms with Crippen LogP contribution in [0.15, 0.2) is 126 Å². The minimum Gasteiger partial charge on any atom is -0.422 e. The van der Waals surface area contributed by atoms with Gasteiger partial charge in [-0.2, -0.15) is 0 Å². The Kier molecular flexibility index (Phi) is 7.42. The van der Waals surface area contributed by atoms with E-state index < -0.39 is 16.3 Å². The molecule has 4 aromatic rings. The minimum absolute atomic E-state index is 0.414. The molecular formula is C24H21NO5P2. The molecule has 0 bridgehead atoms. The summed E-state index contributed by atoms with van der Waals surface area (Å²) in [6, 6.07) is 36.0. The van der Waals surface area contributed by atoms with Crippen molar-refractivity contribution in [2.24, 2.45) is 4.52 Å². The number of hydrogen-bond acceptors (Lipinski definition) is 5. The lowest BCUT2D eigenvalue weighted by atomic mass is 10.3. The second-order valence-electron chi connectivity index (χ2n) is 6.44. The third kappa shape index (κ3) is 6.60. The van der Waals surface area contributed by atoms with Gasteiger partial charge >= 0.3 is 16.3 Å². The third-order valence-corrected chi connectivity index (χ3v) is 7.09. The van der Waals surface area contributed by atoms with E-state index in [1.54, 1.807) is 72.8 Å². The quantitative estimate of drug-likeness (QED) is 0.260. The lowest BCUT2D eigenvalue weighted by molar-refractivity contribution is 0.363. The lowest BCUT2D eigenvalue weighted by Crippen LogP contribution is -2.02. The van der Waals surface area contributed by atoms with Crippen LogP contribution in [-0.2, 0) is 0 Å². The van der Waals surface area contributed by atoms with Gasteiger partial charge in [-0.05, 0) is 48.5 Å². The average Bonchev–Trinajstić information content (AvgIpc) is 2.81. The SMILES string of the molecule is OP(=NP(Oc1ccccc1)Oc1ccccc1)(Oc1ccccc1)Oc1ccccc1. The number of para-hydroxylation sites is 4. The zero-order valence-electron chi connectivity index (χ0n) is 17.0. The normalized spacial score (nSPS) is 10.9. The predicted molar refractivity (Wildman–Crippen MR) is 127 cm³/mol. The van der Waals surface area contributed by atoms with Gasteiger partial charge in [0.25, 0.3) is 0 Å². The Morgan fingerprint density at radius 3 is 1.16 bits per heavy atom. The monoisotopic (exact) mass is 465 g/mol. The molecule has 32 heavy (non-hydrogen) atoms. The van der Waals surface area contributed by atoms with E-state index in [9.17, 15) is 4.89 Å². The first-order valence-electron chi connectivity index (χ1n) is 9.79. The zero-order valence-corrected chi connectivity index (χ0v) is 18.8. The summed E-state index contributed by atoms with van der Waals surface area (Å²) in [4.78, 5) is 11.4. The van der Waals surface area contributed by atoms with Crippen molar-refractivity contribution in [3.63, 3.8) is 0 Å². The van der Waals surface area contributed by atoms with Crippen molar-refractivity contribution >= 4 is 16.3 Å². The number of hydrogen-bond donors (Lipinski definition) is 1. The maximum absolute atomic E-state index is 11.4. The highest BCUT2D eigenvalue weighted by Crippen LogP contribution is 2.57. The molecule has 0 unspecified atom stereocenters. The number of nitrogens with zero attached hydrogens (tertiary/aromatic N) is 1.